The lowest BCUT2D eigenvalue weighted by atomic mass is 10.2. The van der Waals surface area contributed by atoms with E-state index >= 15 is 0 Å². The third kappa shape index (κ3) is 2.95. The highest BCUT2D eigenvalue weighted by atomic mass is 32.1. The monoisotopic (exact) mass is 290 g/mol. The van der Waals surface area contributed by atoms with Crippen LogP contribution < -0.4 is 0 Å². The van der Waals surface area contributed by atoms with Crippen molar-refractivity contribution in [2.75, 3.05) is 0 Å². The lowest BCUT2D eigenvalue weighted by molar-refractivity contribution is -0.138. The van der Waals surface area contributed by atoms with Crippen LogP contribution in [-0.4, -0.2) is 20.6 Å². The zero-order chi connectivity index (χ0) is 14.2. The van der Waals surface area contributed by atoms with Crippen molar-refractivity contribution in [2.45, 2.75) is 19.6 Å². The van der Waals surface area contributed by atoms with Crippen LogP contribution in [0, 0.1) is 6.92 Å². The van der Waals surface area contributed by atoms with E-state index in [0.29, 0.717) is 5.01 Å². The molecule has 19 heavy (non-hydrogen) atoms. The third-order valence-corrected chi connectivity index (χ3v) is 3.35. The number of nitrogens with zero attached hydrogens (tertiary/aromatic N) is 2. The number of aryl methyl sites for hydroxylation is 1. The molecule has 0 aliphatic carbocycles. The highest BCUT2D eigenvalue weighted by Gasteiger charge is 2.37. The molecule has 2 rings (SSSR count). The van der Waals surface area contributed by atoms with Crippen molar-refractivity contribution in [2.24, 2.45) is 0 Å². The van der Waals surface area contributed by atoms with Gasteiger partial charge < -0.3 is 9.67 Å². The van der Waals surface area contributed by atoms with Gasteiger partial charge in [0.2, 0.25) is 0 Å². The summed E-state index contributed by atoms with van der Waals surface area (Å²) in [5.74, 6) is -1.60. The number of hydrogen-bond donors (Lipinski definition) is 1. The first-order chi connectivity index (χ1) is 8.77. The molecule has 0 unspecified atom stereocenters. The van der Waals surface area contributed by atoms with E-state index < -0.39 is 23.3 Å². The molecule has 2 aromatic rings. The average Bonchev–Trinajstić information content (AvgIpc) is 2.85. The van der Waals surface area contributed by atoms with E-state index in [1.54, 1.807) is 12.3 Å². The van der Waals surface area contributed by atoms with Gasteiger partial charge in [-0.1, -0.05) is 0 Å². The standard InChI is InChI=1S/C11H9F3N2O2S/c1-6-5-19-9(15-6)4-16-2-7(10(17)18)8(3-16)11(12,13)14/h2-3,5H,4H2,1H3,(H,17,18). The molecule has 2 heterocycles. The molecule has 0 bridgehead atoms. The second-order valence-electron chi connectivity index (χ2n) is 3.94. The summed E-state index contributed by atoms with van der Waals surface area (Å²) in [5.41, 5.74) is -1.12. The van der Waals surface area contributed by atoms with Crippen molar-refractivity contribution in [1.82, 2.24) is 9.55 Å². The van der Waals surface area contributed by atoms with E-state index in [2.05, 4.69) is 4.98 Å². The number of carboxylic acid groups (broad SMARTS) is 1. The van der Waals surface area contributed by atoms with E-state index in [1.807, 2.05) is 0 Å². The van der Waals surface area contributed by atoms with Crippen LogP contribution in [0.2, 0.25) is 0 Å². The molecule has 0 saturated carbocycles. The number of hydrogen-bond acceptors (Lipinski definition) is 3. The molecule has 0 amide bonds. The number of alkyl halides is 3. The van der Waals surface area contributed by atoms with Gasteiger partial charge >= 0.3 is 12.1 Å². The molecule has 1 N–H and O–H groups in total. The van der Waals surface area contributed by atoms with Crippen LogP contribution in [0.5, 0.6) is 0 Å². The molecule has 0 aliphatic rings. The van der Waals surface area contributed by atoms with Gasteiger partial charge in [0.25, 0.3) is 0 Å². The zero-order valence-electron chi connectivity index (χ0n) is 9.73. The number of halogens is 3. The van der Waals surface area contributed by atoms with E-state index in [0.717, 1.165) is 18.1 Å². The molecule has 0 fully saturated rings. The molecular formula is C11H9F3N2O2S. The Labute approximate surface area is 110 Å². The van der Waals surface area contributed by atoms with Gasteiger partial charge in [0.05, 0.1) is 17.7 Å². The molecule has 4 nitrogen and oxygen atoms in total. The van der Waals surface area contributed by atoms with E-state index in [-0.39, 0.29) is 6.54 Å². The Bertz CT molecular complexity index is 616. The Morgan fingerprint density at radius 3 is 2.58 bits per heavy atom. The Hall–Kier alpha value is -1.83. The number of rotatable bonds is 3. The van der Waals surface area contributed by atoms with Gasteiger partial charge in [-0.05, 0) is 6.92 Å². The number of thiazole rings is 1. The molecule has 8 heteroatoms. The summed E-state index contributed by atoms with van der Waals surface area (Å²) >= 11 is 1.31. The van der Waals surface area contributed by atoms with Gasteiger partial charge in [-0.2, -0.15) is 13.2 Å². The number of aromatic nitrogens is 2. The number of aromatic carboxylic acids is 1. The molecule has 102 valence electrons. The second-order valence-corrected chi connectivity index (χ2v) is 4.89. The summed E-state index contributed by atoms with van der Waals surface area (Å²) in [6.07, 6.45) is -2.92. The highest BCUT2D eigenvalue weighted by molar-refractivity contribution is 7.09. The van der Waals surface area contributed by atoms with E-state index in [1.165, 1.54) is 15.9 Å². The minimum atomic E-state index is -4.68. The quantitative estimate of drug-likeness (QED) is 0.945. The van der Waals surface area contributed by atoms with Gasteiger partial charge in [-0.15, -0.1) is 11.3 Å². The largest absolute Gasteiger partial charge is 0.478 e. The Morgan fingerprint density at radius 1 is 1.47 bits per heavy atom. The molecule has 0 spiro atoms. The lowest BCUT2D eigenvalue weighted by Crippen LogP contribution is -2.09. The van der Waals surface area contributed by atoms with Gasteiger partial charge in [0, 0.05) is 23.5 Å². The summed E-state index contributed by atoms with van der Waals surface area (Å²) in [6, 6.07) is 0. The van der Waals surface area contributed by atoms with Crippen LogP contribution in [0.1, 0.15) is 26.6 Å². The normalized spacial score (nSPS) is 11.8. The fourth-order valence-electron chi connectivity index (χ4n) is 1.63. The molecule has 0 radical (unpaired) electrons. The second kappa shape index (κ2) is 4.69. The van der Waals surface area contributed by atoms with Crippen molar-refractivity contribution in [3.05, 3.63) is 39.6 Å². The topological polar surface area (TPSA) is 55.1 Å². The predicted molar refractivity (Wildman–Crippen MR) is 62.3 cm³/mol. The predicted octanol–water partition coefficient (Wildman–Crippen LogP) is 3.02. The van der Waals surface area contributed by atoms with Crippen LogP contribution in [0.25, 0.3) is 0 Å². The molecular weight excluding hydrogens is 281 g/mol. The average molecular weight is 290 g/mol. The fraction of sp³-hybridized carbons (Fsp3) is 0.273. The third-order valence-electron chi connectivity index (χ3n) is 2.40. The minimum Gasteiger partial charge on any atom is -0.478 e. The van der Waals surface area contributed by atoms with Crippen molar-refractivity contribution < 1.29 is 23.1 Å². The van der Waals surface area contributed by atoms with Crippen molar-refractivity contribution in [1.29, 1.82) is 0 Å². The van der Waals surface area contributed by atoms with Crippen LogP contribution >= 0.6 is 11.3 Å². The SMILES string of the molecule is Cc1csc(Cn2cc(C(=O)O)c(C(F)(F)F)c2)n1. The van der Waals surface area contributed by atoms with Crippen LogP contribution in [0.3, 0.4) is 0 Å². The fourth-order valence-corrected chi connectivity index (χ4v) is 2.41. The first-order valence-electron chi connectivity index (χ1n) is 5.18. The van der Waals surface area contributed by atoms with Gasteiger partial charge in [-0.25, -0.2) is 9.78 Å². The minimum absolute atomic E-state index is 0.120. The first-order valence-corrected chi connectivity index (χ1v) is 6.06. The van der Waals surface area contributed by atoms with E-state index in [4.69, 9.17) is 5.11 Å². The van der Waals surface area contributed by atoms with Gasteiger partial charge in [0.1, 0.15) is 5.01 Å². The van der Waals surface area contributed by atoms with Crippen molar-refractivity contribution >= 4 is 17.3 Å². The lowest BCUT2D eigenvalue weighted by Gasteiger charge is -2.04. The number of carboxylic acids is 1. The molecule has 0 aromatic carbocycles. The highest BCUT2D eigenvalue weighted by Crippen LogP contribution is 2.33. The van der Waals surface area contributed by atoms with Crippen molar-refractivity contribution in [3.8, 4) is 0 Å². The maximum atomic E-state index is 12.7. The first kappa shape index (κ1) is 13.6. The van der Waals surface area contributed by atoms with Crippen LogP contribution in [0.4, 0.5) is 13.2 Å². The zero-order valence-corrected chi connectivity index (χ0v) is 10.5. The van der Waals surface area contributed by atoms with E-state index in [9.17, 15) is 18.0 Å². The molecule has 0 saturated heterocycles. The Balaban J connectivity index is 2.35. The summed E-state index contributed by atoms with van der Waals surface area (Å²) in [5, 5.41) is 11.2. The summed E-state index contributed by atoms with van der Waals surface area (Å²) in [7, 11) is 0. The molecule has 2 aromatic heterocycles. The van der Waals surface area contributed by atoms with Gasteiger partial charge in [-0.3, -0.25) is 0 Å². The molecule has 0 aliphatic heterocycles. The number of carbonyl (C=O) groups is 1. The van der Waals surface area contributed by atoms with Crippen LogP contribution in [0.15, 0.2) is 17.8 Å². The molecule has 0 atom stereocenters. The Morgan fingerprint density at radius 2 is 2.16 bits per heavy atom. The van der Waals surface area contributed by atoms with Gasteiger partial charge in [0.15, 0.2) is 0 Å². The smallest absolute Gasteiger partial charge is 0.418 e. The maximum absolute atomic E-state index is 12.7. The Kier molecular flexibility index (Phi) is 3.36. The summed E-state index contributed by atoms with van der Waals surface area (Å²) in [6.45, 7) is 1.90. The summed E-state index contributed by atoms with van der Waals surface area (Å²) < 4.78 is 39.2. The summed E-state index contributed by atoms with van der Waals surface area (Å²) in [4.78, 5) is 14.9. The maximum Gasteiger partial charge on any atom is 0.418 e. The van der Waals surface area contributed by atoms with Crippen molar-refractivity contribution in [3.63, 3.8) is 0 Å². The van der Waals surface area contributed by atoms with Crippen LogP contribution in [-0.2, 0) is 12.7 Å².